The van der Waals surface area contributed by atoms with Crippen molar-refractivity contribution in [1.29, 1.82) is 0 Å². The molecular formula is C18H28N2O. The molecule has 2 heterocycles. The summed E-state index contributed by atoms with van der Waals surface area (Å²) in [5.74, 6) is 2.24. The Bertz CT molecular complexity index is 461. The van der Waals surface area contributed by atoms with Crippen molar-refractivity contribution in [1.82, 2.24) is 10.2 Å². The lowest BCUT2D eigenvalue weighted by molar-refractivity contribution is 0.0978. The molecule has 21 heavy (non-hydrogen) atoms. The highest BCUT2D eigenvalue weighted by molar-refractivity contribution is 5.08. The van der Waals surface area contributed by atoms with Gasteiger partial charge in [0.15, 0.2) is 0 Å². The largest absolute Gasteiger partial charge is 0.463 e. The van der Waals surface area contributed by atoms with Gasteiger partial charge in [-0.2, -0.15) is 0 Å². The summed E-state index contributed by atoms with van der Waals surface area (Å²) in [6.45, 7) is 4.42. The van der Waals surface area contributed by atoms with Gasteiger partial charge in [0.05, 0.1) is 13.1 Å². The van der Waals surface area contributed by atoms with E-state index in [2.05, 4.69) is 22.3 Å². The second kappa shape index (κ2) is 5.77. The van der Waals surface area contributed by atoms with Crippen LogP contribution in [-0.4, -0.2) is 24.0 Å². The zero-order valence-electron chi connectivity index (χ0n) is 13.1. The Hall–Kier alpha value is -0.800. The number of hydrogen-bond acceptors (Lipinski definition) is 3. The maximum atomic E-state index is 5.98. The van der Waals surface area contributed by atoms with Gasteiger partial charge >= 0.3 is 0 Å². The van der Waals surface area contributed by atoms with Crippen LogP contribution in [0.2, 0.25) is 0 Å². The zero-order chi connectivity index (χ0) is 14.1. The molecule has 0 unspecified atom stereocenters. The van der Waals surface area contributed by atoms with E-state index in [-0.39, 0.29) is 0 Å². The van der Waals surface area contributed by atoms with E-state index in [1.165, 1.54) is 64.5 Å². The molecule has 1 saturated heterocycles. The molecular weight excluding hydrogens is 260 g/mol. The van der Waals surface area contributed by atoms with Crippen molar-refractivity contribution in [3.63, 3.8) is 0 Å². The van der Waals surface area contributed by atoms with E-state index in [1.807, 2.05) is 0 Å². The van der Waals surface area contributed by atoms with E-state index < -0.39 is 0 Å². The summed E-state index contributed by atoms with van der Waals surface area (Å²) < 4.78 is 5.98. The number of nitrogens with one attached hydrogen (secondary N) is 1. The van der Waals surface area contributed by atoms with Gasteiger partial charge in [0.2, 0.25) is 0 Å². The molecule has 0 bridgehead atoms. The molecule has 0 amide bonds. The van der Waals surface area contributed by atoms with Crippen LogP contribution in [0, 0.1) is 5.41 Å². The topological polar surface area (TPSA) is 28.4 Å². The first-order valence-corrected chi connectivity index (χ1v) is 8.85. The van der Waals surface area contributed by atoms with Gasteiger partial charge in [0.1, 0.15) is 11.5 Å². The number of piperidine rings is 1. The molecule has 3 nitrogen and oxygen atoms in total. The monoisotopic (exact) mass is 288 g/mol. The molecule has 116 valence electrons. The SMILES string of the molecule is c1cc(CN2CCC3(CCCC3)CC2)oc1CNC1CC1. The third-order valence-corrected chi connectivity index (χ3v) is 5.82. The highest BCUT2D eigenvalue weighted by Crippen LogP contribution is 2.46. The minimum Gasteiger partial charge on any atom is -0.463 e. The third-order valence-electron chi connectivity index (χ3n) is 5.82. The molecule has 3 fully saturated rings. The van der Waals surface area contributed by atoms with Crippen molar-refractivity contribution in [2.45, 2.75) is 70.5 Å². The Morgan fingerprint density at radius 1 is 1.05 bits per heavy atom. The average Bonchev–Trinajstić information content (AvgIpc) is 3.05. The highest BCUT2D eigenvalue weighted by Gasteiger charge is 2.36. The highest BCUT2D eigenvalue weighted by atomic mass is 16.3. The van der Waals surface area contributed by atoms with E-state index in [9.17, 15) is 0 Å². The molecule has 0 radical (unpaired) electrons. The fourth-order valence-electron chi connectivity index (χ4n) is 4.17. The van der Waals surface area contributed by atoms with Gasteiger partial charge in [0.25, 0.3) is 0 Å². The molecule has 2 aliphatic carbocycles. The van der Waals surface area contributed by atoms with Crippen LogP contribution in [0.1, 0.15) is 62.9 Å². The van der Waals surface area contributed by atoms with E-state index in [0.717, 1.165) is 36.1 Å². The third kappa shape index (κ3) is 3.35. The summed E-state index contributed by atoms with van der Waals surface area (Å²) in [6.07, 6.45) is 11.4. The van der Waals surface area contributed by atoms with E-state index in [0.29, 0.717) is 0 Å². The summed E-state index contributed by atoms with van der Waals surface area (Å²) >= 11 is 0. The predicted octanol–water partition coefficient (Wildman–Crippen LogP) is 3.69. The second-order valence-corrected chi connectivity index (χ2v) is 7.51. The smallest absolute Gasteiger partial charge is 0.118 e. The molecule has 4 rings (SSSR count). The zero-order valence-corrected chi connectivity index (χ0v) is 13.1. The molecule has 3 heteroatoms. The molecule has 0 atom stereocenters. The number of likely N-dealkylation sites (tertiary alicyclic amines) is 1. The lowest BCUT2D eigenvalue weighted by atomic mass is 9.77. The molecule has 1 spiro atoms. The van der Waals surface area contributed by atoms with Crippen molar-refractivity contribution in [3.8, 4) is 0 Å². The van der Waals surface area contributed by atoms with E-state index in [1.54, 1.807) is 0 Å². The van der Waals surface area contributed by atoms with E-state index >= 15 is 0 Å². The molecule has 0 aromatic carbocycles. The van der Waals surface area contributed by atoms with Crippen LogP contribution in [0.15, 0.2) is 16.5 Å². The van der Waals surface area contributed by atoms with Crippen molar-refractivity contribution in [2.24, 2.45) is 5.41 Å². The number of furan rings is 1. The molecule has 1 aliphatic heterocycles. The van der Waals surface area contributed by atoms with Gasteiger partial charge in [-0.3, -0.25) is 4.90 Å². The fourth-order valence-corrected chi connectivity index (χ4v) is 4.17. The summed E-state index contributed by atoms with van der Waals surface area (Å²) in [6, 6.07) is 5.07. The van der Waals surface area contributed by atoms with Crippen LogP contribution in [0.3, 0.4) is 0 Å². The average molecular weight is 288 g/mol. The Morgan fingerprint density at radius 2 is 1.76 bits per heavy atom. The second-order valence-electron chi connectivity index (χ2n) is 7.51. The summed E-state index contributed by atoms with van der Waals surface area (Å²) in [5, 5.41) is 3.52. The normalized spacial score (nSPS) is 25.7. The number of nitrogens with zero attached hydrogens (tertiary/aromatic N) is 1. The lowest BCUT2D eigenvalue weighted by Gasteiger charge is -2.39. The van der Waals surface area contributed by atoms with Crippen LogP contribution >= 0.6 is 0 Å². The van der Waals surface area contributed by atoms with Crippen molar-refractivity contribution >= 4 is 0 Å². The van der Waals surface area contributed by atoms with Gasteiger partial charge in [0, 0.05) is 6.04 Å². The molecule has 3 aliphatic rings. The fraction of sp³-hybridized carbons (Fsp3) is 0.778. The van der Waals surface area contributed by atoms with E-state index in [4.69, 9.17) is 4.42 Å². The van der Waals surface area contributed by atoms with Crippen molar-refractivity contribution < 1.29 is 4.42 Å². The summed E-state index contributed by atoms with van der Waals surface area (Å²) in [5.41, 5.74) is 0.721. The quantitative estimate of drug-likeness (QED) is 0.896. The Kier molecular flexibility index (Phi) is 3.80. The maximum Gasteiger partial charge on any atom is 0.118 e. The minimum absolute atomic E-state index is 0.721. The standard InChI is InChI=1S/C18H28N2O/c1-2-8-18(7-1)9-11-20(12-10-18)14-17-6-5-16(21-17)13-19-15-3-4-15/h5-6,15,19H,1-4,7-14H2. The first-order chi connectivity index (χ1) is 10.3. The summed E-state index contributed by atoms with van der Waals surface area (Å²) in [4.78, 5) is 2.58. The van der Waals surface area contributed by atoms with Crippen LogP contribution < -0.4 is 5.32 Å². The predicted molar refractivity (Wildman–Crippen MR) is 84.0 cm³/mol. The molecule has 1 aromatic heterocycles. The van der Waals surface area contributed by atoms with Gasteiger partial charge < -0.3 is 9.73 Å². The molecule has 1 N–H and O–H groups in total. The van der Waals surface area contributed by atoms with Gasteiger partial charge in [-0.05, 0) is 69.2 Å². The van der Waals surface area contributed by atoms with Crippen LogP contribution in [0.4, 0.5) is 0 Å². The van der Waals surface area contributed by atoms with Crippen LogP contribution in [0.5, 0.6) is 0 Å². The van der Waals surface area contributed by atoms with Crippen molar-refractivity contribution in [3.05, 3.63) is 23.7 Å². The van der Waals surface area contributed by atoms with Crippen LogP contribution in [-0.2, 0) is 13.1 Å². The Labute approximate surface area is 128 Å². The van der Waals surface area contributed by atoms with Gasteiger partial charge in [-0.1, -0.05) is 12.8 Å². The lowest BCUT2D eigenvalue weighted by Crippen LogP contribution is -2.38. The Morgan fingerprint density at radius 3 is 2.48 bits per heavy atom. The first kappa shape index (κ1) is 13.8. The van der Waals surface area contributed by atoms with Gasteiger partial charge in [-0.25, -0.2) is 0 Å². The number of rotatable bonds is 5. The minimum atomic E-state index is 0.721. The molecule has 2 saturated carbocycles. The summed E-state index contributed by atoms with van der Waals surface area (Å²) in [7, 11) is 0. The molecule has 1 aromatic rings. The van der Waals surface area contributed by atoms with Gasteiger partial charge in [-0.15, -0.1) is 0 Å². The van der Waals surface area contributed by atoms with Crippen molar-refractivity contribution in [2.75, 3.05) is 13.1 Å². The number of hydrogen-bond donors (Lipinski definition) is 1. The first-order valence-electron chi connectivity index (χ1n) is 8.85. The maximum absolute atomic E-state index is 5.98. The Balaban J connectivity index is 1.26. The van der Waals surface area contributed by atoms with Crippen LogP contribution in [0.25, 0.3) is 0 Å².